The van der Waals surface area contributed by atoms with Gasteiger partial charge in [-0.05, 0) is 17.7 Å². The lowest BCUT2D eigenvalue weighted by Gasteiger charge is -2.10. The predicted octanol–water partition coefficient (Wildman–Crippen LogP) is 3.24. The zero-order valence-electron chi connectivity index (χ0n) is 8.69. The molecule has 0 aliphatic rings. The van der Waals surface area contributed by atoms with Crippen molar-refractivity contribution in [2.24, 2.45) is 0 Å². The van der Waals surface area contributed by atoms with E-state index in [0.717, 1.165) is 5.56 Å². The molecule has 0 atom stereocenters. The molecule has 0 aliphatic carbocycles. The molecule has 0 saturated carbocycles. The minimum atomic E-state index is -2.85. The van der Waals surface area contributed by atoms with Gasteiger partial charge in [-0.1, -0.05) is 18.2 Å². The van der Waals surface area contributed by atoms with Crippen molar-refractivity contribution in [1.82, 2.24) is 0 Å². The van der Waals surface area contributed by atoms with Crippen LogP contribution in [0.3, 0.4) is 0 Å². The van der Waals surface area contributed by atoms with Crippen molar-refractivity contribution in [2.75, 3.05) is 12.9 Å². The molecule has 1 aromatic carbocycles. The van der Waals surface area contributed by atoms with E-state index in [4.69, 9.17) is 4.74 Å². The maximum absolute atomic E-state index is 12.0. The van der Waals surface area contributed by atoms with Gasteiger partial charge < -0.3 is 9.47 Å². The smallest absolute Gasteiger partial charge is 0.387 e. The number of rotatable bonds is 5. The summed E-state index contributed by atoms with van der Waals surface area (Å²) in [5, 5.41) is 0. The van der Waals surface area contributed by atoms with E-state index in [-0.39, 0.29) is 11.5 Å². The Morgan fingerprint density at radius 3 is 2.69 bits per heavy atom. The van der Waals surface area contributed by atoms with Gasteiger partial charge in [-0.2, -0.15) is 21.4 Å². The minimum Gasteiger partial charge on any atom is -0.493 e. The standard InChI is InChI=1S/C11H12F2O2S/c1-14-10-7-8(3-2-6-16)4-5-9(10)15-11(12)13/h2-5,7,11,16H,6H2,1H3. The molecule has 0 radical (unpaired) electrons. The van der Waals surface area contributed by atoms with Crippen LogP contribution in [-0.2, 0) is 0 Å². The lowest BCUT2D eigenvalue weighted by Crippen LogP contribution is -2.03. The highest BCUT2D eigenvalue weighted by atomic mass is 32.1. The predicted molar refractivity (Wildman–Crippen MR) is 62.5 cm³/mol. The second-order valence-corrected chi connectivity index (χ2v) is 3.24. The highest BCUT2D eigenvalue weighted by Crippen LogP contribution is 2.29. The van der Waals surface area contributed by atoms with Gasteiger partial charge in [-0.15, -0.1) is 0 Å². The SMILES string of the molecule is COc1cc(C=CCS)ccc1OC(F)F. The molecule has 0 unspecified atom stereocenters. The first-order valence-corrected chi connectivity index (χ1v) is 5.21. The highest BCUT2D eigenvalue weighted by molar-refractivity contribution is 7.80. The van der Waals surface area contributed by atoms with Gasteiger partial charge in [0.25, 0.3) is 0 Å². The number of alkyl halides is 2. The summed E-state index contributed by atoms with van der Waals surface area (Å²) in [5.41, 5.74) is 0.840. The summed E-state index contributed by atoms with van der Waals surface area (Å²) in [6.07, 6.45) is 3.66. The highest BCUT2D eigenvalue weighted by Gasteiger charge is 2.09. The summed E-state index contributed by atoms with van der Waals surface area (Å²) in [7, 11) is 1.40. The number of hydrogen-bond donors (Lipinski definition) is 1. The zero-order chi connectivity index (χ0) is 12.0. The molecule has 0 heterocycles. The fourth-order valence-corrected chi connectivity index (χ4v) is 1.28. The van der Waals surface area contributed by atoms with Crippen LogP contribution >= 0.6 is 12.6 Å². The maximum atomic E-state index is 12.0. The molecule has 0 N–H and O–H groups in total. The normalized spacial score (nSPS) is 11.1. The molecule has 0 saturated heterocycles. The van der Waals surface area contributed by atoms with Crippen LogP contribution in [0, 0.1) is 0 Å². The van der Waals surface area contributed by atoms with Crippen molar-refractivity contribution in [3.8, 4) is 11.5 Å². The van der Waals surface area contributed by atoms with Gasteiger partial charge in [0, 0.05) is 5.75 Å². The Labute approximate surface area is 98.3 Å². The molecule has 16 heavy (non-hydrogen) atoms. The van der Waals surface area contributed by atoms with E-state index in [0.29, 0.717) is 5.75 Å². The first-order chi connectivity index (χ1) is 7.67. The van der Waals surface area contributed by atoms with Crippen molar-refractivity contribution >= 4 is 18.7 Å². The maximum Gasteiger partial charge on any atom is 0.387 e. The van der Waals surface area contributed by atoms with Crippen LogP contribution in [0.1, 0.15) is 5.56 Å². The number of thiol groups is 1. The molecule has 0 aliphatic heterocycles. The van der Waals surface area contributed by atoms with Crippen LogP contribution in [0.5, 0.6) is 11.5 Å². The first-order valence-electron chi connectivity index (χ1n) is 4.57. The third-order valence-corrected chi connectivity index (χ3v) is 2.03. The van der Waals surface area contributed by atoms with E-state index in [2.05, 4.69) is 17.4 Å². The fourth-order valence-electron chi connectivity index (χ4n) is 1.17. The number of methoxy groups -OCH3 is 1. The van der Waals surface area contributed by atoms with Gasteiger partial charge >= 0.3 is 6.61 Å². The van der Waals surface area contributed by atoms with Crippen LogP contribution in [0.15, 0.2) is 24.3 Å². The van der Waals surface area contributed by atoms with E-state index in [1.54, 1.807) is 12.1 Å². The van der Waals surface area contributed by atoms with Gasteiger partial charge in [0.2, 0.25) is 0 Å². The van der Waals surface area contributed by atoms with Crippen LogP contribution in [-0.4, -0.2) is 19.5 Å². The Morgan fingerprint density at radius 2 is 2.12 bits per heavy atom. The van der Waals surface area contributed by atoms with Crippen molar-refractivity contribution in [3.05, 3.63) is 29.8 Å². The molecule has 0 aromatic heterocycles. The third kappa shape index (κ3) is 3.73. The van der Waals surface area contributed by atoms with E-state index in [9.17, 15) is 8.78 Å². The van der Waals surface area contributed by atoms with E-state index >= 15 is 0 Å². The molecule has 1 rings (SSSR count). The van der Waals surface area contributed by atoms with Crippen LogP contribution < -0.4 is 9.47 Å². The van der Waals surface area contributed by atoms with E-state index < -0.39 is 6.61 Å². The Balaban J connectivity index is 2.92. The number of ether oxygens (including phenoxy) is 2. The van der Waals surface area contributed by atoms with Crippen LogP contribution in [0.25, 0.3) is 6.08 Å². The number of halogens is 2. The topological polar surface area (TPSA) is 18.5 Å². The van der Waals surface area contributed by atoms with Crippen molar-refractivity contribution < 1.29 is 18.3 Å². The van der Waals surface area contributed by atoms with Gasteiger partial charge in [0.1, 0.15) is 0 Å². The van der Waals surface area contributed by atoms with Crippen molar-refractivity contribution in [2.45, 2.75) is 6.61 Å². The van der Waals surface area contributed by atoms with Gasteiger partial charge in [-0.3, -0.25) is 0 Å². The molecular weight excluding hydrogens is 234 g/mol. The summed E-state index contributed by atoms with van der Waals surface area (Å²) < 4.78 is 33.3. The second-order valence-electron chi connectivity index (χ2n) is 2.87. The summed E-state index contributed by atoms with van der Waals surface area (Å²) in [6, 6.07) is 4.74. The minimum absolute atomic E-state index is 0.0283. The van der Waals surface area contributed by atoms with Gasteiger partial charge in [-0.25, -0.2) is 0 Å². The van der Waals surface area contributed by atoms with Crippen molar-refractivity contribution in [1.29, 1.82) is 0 Å². The second kappa shape index (κ2) is 6.37. The van der Waals surface area contributed by atoms with Crippen molar-refractivity contribution in [3.63, 3.8) is 0 Å². The molecule has 0 fully saturated rings. The molecular formula is C11H12F2O2S. The average molecular weight is 246 g/mol. The average Bonchev–Trinajstić information content (AvgIpc) is 2.27. The van der Waals surface area contributed by atoms with Crippen LogP contribution in [0.4, 0.5) is 8.78 Å². The lowest BCUT2D eigenvalue weighted by molar-refractivity contribution is -0.0512. The number of benzene rings is 1. The Hall–Kier alpha value is -1.23. The summed E-state index contributed by atoms with van der Waals surface area (Å²) in [5.74, 6) is 0.916. The first kappa shape index (κ1) is 12.8. The molecule has 0 bridgehead atoms. The monoisotopic (exact) mass is 246 g/mol. The largest absolute Gasteiger partial charge is 0.493 e. The molecule has 5 heteroatoms. The van der Waals surface area contributed by atoms with E-state index in [1.807, 2.05) is 12.2 Å². The Morgan fingerprint density at radius 1 is 1.38 bits per heavy atom. The zero-order valence-corrected chi connectivity index (χ0v) is 9.59. The molecule has 0 amide bonds. The lowest BCUT2D eigenvalue weighted by atomic mass is 10.2. The van der Waals surface area contributed by atoms with Crippen LogP contribution in [0.2, 0.25) is 0 Å². The Kier molecular flexibility index (Phi) is 5.11. The fraction of sp³-hybridized carbons (Fsp3) is 0.273. The summed E-state index contributed by atoms with van der Waals surface area (Å²) in [6.45, 7) is -2.85. The third-order valence-electron chi connectivity index (χ3n) is 1.82. The molecule has 1 aromatic rings. The molecule has 88 valence electrons. The van der Waals surface area contributed by atoms with Gasteiger partial charge in [0.15, 0.2) is 11.5 Å². The Bertz CT molecular complexity index is 367. The number of hydrogen-bond acceptors (Lipinski definition) is 3. The quantitative estimate of drug-likeness (QED) is 0.804. The summed E-state index contributed by atoms with van der Waals surface area (Å²) in [4.78, 5) is 0. The molecule has 2 nitrogen and oxygen atoms in total. The van der Waals surface area contributed by atoms with E-state index in [1.165, 1.54) is 13.2 Å². The summed E-state index contributed by atoms with van der Waals surface area (Å²) >= 11 is 4.02. The van der Waals surface area contributed by atoms with Gasteiger partial charge in [0.05, 0.1) is 7.11 Å². The molecule has 0 spiro atoms.